The standard InChI is InChI=1S/C17H12O2/c1-18-14-9-10-16-17-12(6-4-7-13(14)17)11-5-2-3-8-15(11)19-16/h2-10H,1H3. The average molecular weight is 248 g/mol. The van der Waals surface area contributed by atoms with Gasteiger partial charge in [0.15, 0.2) is 0 Å². The van der Waals surface area contributed by atoms with E-state index in [1.807, 2.05) is 30.3 Å². The molecule has 0 amide bonds. The molecule has 0 aliphatic carbocycles. The molecular formula is C17H12O2. The summed E-state index contributed by atoms with van der Waals surface area (Å²) in [6, 6.07) is 18.3. The molecule has 2 heteroatoms. The number of rotatable bonds is 1. The average Bonchev–Trinajstić information content (AvgIpc) is 2.48. The number of fused-ring (bicyclic) bond motifs is 2. The zero-order valence-corrected chi connectivity index (χ0v) is 10.5. The van der Waals surface area contributed by atoms with E-state index >= 15 is 0 Å². The Hall–Kier alpha value is -2.48. The minimum atomic E-state index is 0.878. The molecule has 0 saturated heterocycles. The molecule has 1 aliphatic rings. The summed E-state index contributed by atoms with van der Waals surface area (Å²) in [5, 5.41) is 2.22. The number of hydrogen-bond acceptors (Lipinski definition) is 2. The van der Waals surface area contributed by atoms with Crippen molar-refractivity contribution in [1.29, 1.82) is 0 Å². The third-order valence-corrected chi connectivity index (χ3v) is 3.58. The van der Waals surface area contributed by atoms with E-state index in [2.05, 4.69) is 24.3 Å². The summed E-state index contributed by atoms with van der Waals surface area (Å²) < 4.78 is 11.4. The molecular weight excluding hydrogens is 236 g/mol. The van der Waals surface area contributed by atoms with Crippen molar-refractivity contribution in [3.63, 3.8) is 0 Å². The molecule has 0 aromatic heterocycles. The Morgan fingerprint density at radius 3 is 2.53 bits per heavy atom. The van der Waals surface area contributed by atoms with Crippen molar-refractivity contribution in [2.75, 3.05) is 7.11 Å². The van der Waals surface area contributed by atoms with Crippen molar-refractivity contribution in [2.24, 2.45) is 0 Å². The van der Waals surface area contributed by atoms with E-state index < -0.39 is 0 Å². The molecule has 4 rings (SSSR count). The lowest BCUT2D eigenvalue weighted by atomic mass is 9.94. The summed E-state index contributed by atoms with van der Waals surface area (Å²) in [4.78, 5) is 0. The highest BCUT2D eigenvalue weighted by atomic mass is 16.5. The van der Waals surface area contributed by atoms with Gasteiger partial charge in [-0.2, -0.15) is 0 Å². The first-order valence-electron chi connectivity index (χ1n) is 6.25. The smallest absolute Gasteiger partial charge is 0.136 e. The van der Waals surface area contributed by atoms with Crippen LogP contribution in [0, 0.1) is 0 Å². The SMILES string of the molecule is COc1ccc2c3c(cccc13)-c1ccccc1O2. The van der Waals surface area contributed by atoms with Crippen LogP contribution in [0.4, 0.5) is 0 Å². The van der Waals surface area contributed by atoms with Crippen LogP contribution >= 0.6 is 0 Å². The molecule has 0 saturated carbocycles. The largest absolute Gasteiger partial charge is 0.496 e. The Kier molecular flexibility index (Phi) is 2.06. The molecule has 3 aromatic carbocycles. The Balaban J connectivity index is 2.17. The highest BCUT2D eigenvalue weighted by molar-refractivity contribution is 6.06. The van der Waals surface area contributed by atoms with Gasteiger partial charge in [-0.05, 0) is 23.8 Å². The maximum absolute atomic E-state index is 5.99. The molecule has 92 valence electrons. The molecule has 0 N–H and O–H groups in total. The topological polar surface area (TPSA) is 18.5 Å². The first-order chi connectivity index (χ1) is 9.38. The normalized spacial score (nSPS) is 11.8. The second kappa shape index (κ2) is 3.75. The van der Waals surface area contributed by atoms with E-state index in [-0.39, 0.29) is 0 Å². The fraction of sp³-hybridized carbons (Fsp3) is 0.0588. The first-order valence-corrected chi connectivity index (χ1v) is 6.25. The van der Waals surface area contributed by atoms with E-state index in [0.29, 0.717) is 0 Å². The first kappa shape index (κ1) is 10.4. The van der Waals surface area contributed by atoms with E-state index in [9.17, 15) is 0 Å². The summed E-state index contributed by atoms with van der Waals surface area (Å²) >= 11 is 0. The molecule has 1 aliphatic heterocycles. The zero-order chi connectivity index (χ0) is 12.8. The Morgan fingerprint density at radius 1 is 0.789 bits per heavy atom. The summed E-state index contributed by atoms with van der Waals surface area (Å²) in [6.07, 6.45) is 0. The van der Waals surface area contributed by atoms with Crippen LogP contribution in [-0.2, 0) is 0 Å². The van der Waals surface area contributed by atoms with E-state index in [0.717, 1.165) is 33.6 Å². The van der Waals surface area contributed by atoms with Gasteiger partial charge in [-0.25, -0.2) is 0 Å². The Labute approximate surface area is 111 Å². The number of methoxy groups -OCH3 is 1. The van der Waals surface area contributed by atoms with Gasteiger partial charge >= 0.3 is 0 Å². The maximum Gasteiger partial charge on any atom is 0.136 e. The third kappa shape index (κ3) is 1.37. The molecule has 0 radical (unpaired) electrons. The highest BCUT2D eigenvalue weighted by Gasteiger charge is 2.20. The molecule has 3 aromatic rings. The Morgan fingerprint density at radius 2 is 1.63 bits per heavy atom. The monoisotopic (exact) mass is 248 g/mol. The number of para-hydroxylation sites is 1. The van der Waals surface area contributed by atoms with Crippen LogP contribution < -0.4 is 9.47 Å². The molecule has 0 spiro atoms. The van der Waals surface area contributed by atoms with Crippen LogP contribution in [0.3, 0.4) is 0 Å². The molecule has 1 heterocycles. The van der Waals surface area contributed by atoms with Gasteiger partial charge in [0.25, 0.3) is 0 Å². The third-order valence-electron chi connectivity index (χ3n) is 3.58. The molecule has 0 atom stereocenters. The van der Waals surface area contributed by atoms with Gasteiger partial charge in [0, 0.05) is 16.3 Å². The quantitative estimate of drug-likeness (QED) is 0.489. The summed E-state index contributed by atoms with van der Waals surface area (Å²) in [5.41, 5.74) is 2.34. The van der Waals surface area contributed by atoms with Gasteiger partial charge in [0.05, 0.1) is 7.11 Å². The van der Waals surface area contributed by atoms with Crippen LogP contribution in [0.25, 0.3) is 21.9 Å². The number of ether oxygens (including phenoxy) is 2. The van der Waals surface area contributed by atoms with Crippen molar-refractivity contribution in [2.45, 2.75) is 0 Å². The Bertz CT molecular complexity index is 790. The predicted octanol–water partition coefficient (Wildman–Crippen LogP) is 4.62. The van der Waals surface area contributed by atoms with Crippen LogP contribution in [0.15, 0.2) is 54.6 Å². The van der Waals surface area contributed by atoms with Gasteiger partial charge in [-0.15, -0.1) is 0 Å². The lowest BCUT2D eigenvalue weighted by molar-refractivity contribution is 0.418. The molecule has 2 nitrogen and oxygen atoms in total. The van der Waals surface area contributed by atoms with Gasteiger partial charge in [0.1, 0.15) is 17.2 Å². The molecule has 0 bridgehead atoms. The van der Waals surface area contributed by atoms with Crippen molar-refractivity contribution >= 4 is 10.8 Å². The molecule has 19 heavy (non-hydrogen) atoms. The summed E-state index contributed by atoms with van der Waals surface area (Å²) in [5.74, 6) is 2.68. The predicted molar refractivity (Wildman–Crippen MR) is 76.0 cm³/mol. The van der Waals surface area contributed by atoms with Gasteiger partial charge in [-0.3, -0.25) is 0 Å². The molecule has 0 unspecified atom stereocenters. The lowest BCUT2D eigenvalue weighted by Gasteiger charge is -2.21. The van der Waals surface area contributed by atoms with Gasteiger partial charge in [0.2, 0.25) is 0 Å². The second-order valence-corrected chi connectivity index (χ2v) is 4.59. The van der Waals surface area contributed by atoms with Crippen molar-refractivity contribution in [3.05, 3.63) is 54.6 Å². The number of benzene rings is 3. The highest BCUT2D eigenvalue weighted by Crippen LogP contribution is 2.48. The fourth-order valence-electron chi connectivity index (χ4n) is 2.73. The van der Waals surface area contributed by atoms with Crippen LogP contribution in [0.2, 0.25) is 0 Å². The van der Waals surface area contributed by atoms with Crippen LogP contribution in [-0.4, -0.2) is 7.11 Å². The fourth-order valence-corrected chi connectivity index (χ4v) is 2.73. The van der Waals surface area contributed by atoms with Crippen LogP contribution in [0.1, 0.15) is 0 Å². The zero-order valence-electron chi connectivity index (χ0n) is 10.5. The van der Waals surface area contributed by atoms with Gasteiger partial charge < -0.3 is 9.47 Å². The van der Waals surface area contributed by atoms with Crippen LogP contribution in [0.5, 0.6) is 17.2 Å². The minimum absolute atomic E-state index is 0.878. The minimum Gasteiger partial charge on any atom is -0.496 e. The van der Waals surface area contributed by atoms with Crippen molar-refractivity contribution in [1.82, 2.24) is 0 Å². The van der Waals surface area contributed by atoms with Crippen molar-refractivity contribution in [3.8, 4) is 28.4 Å². The molecule has 0 fully saturated rings. The van der Waals surface area contributed by atoms with E-state index in [4.69, 9.17) is 9.47 Å². The van der Waals surface area contributed by atoms with Gasteiger partial charge in [-0.1, -0.05) is 36.4 Å². The summed E-state index contributed by atoms with van der Waals surface area (Å²) in [7, 11) is 1.70. The summed E-state index contributed by atoms with van der Waals surface area (Å²) in [6.45, 7) is 0. The second-order valence-electron chi connectivity index (χ2n) is 4.59. The number of hydrogen-bond donors (Lipinski definition) is 0. The van der Waals surface area contributed by atoms with Crippen molar-refractivity contribution < 1.29 is 9.47 Å². The van der Waals surface area contributed by atoms with E-state index in [1.54, 1.807) is 7.11 Å². The maximum atomic E-state index is 5.99. The van der Waals surface area contributed by atoms with E-state index in [1.165, 1.54) is 5.56 Å². The lowest BCUT2D eigenvalue weighted by Crippen LogP contribution is -1.97.